The van der Waals surface area contributed by atoms with E-state index in [9.17, 15) is 0 Å². The Morgan fingerprint density at radius 2 is 0.479 bits per heavy atom. The first-order valence-electron chi connectivity index (χ1n) is 33.3. The molecule has 0 aliphatic rings. The molecule has 0 atom stereocenters. The molecule has 0 amide bonds. The molecule has 22 rings (SSSR count). The maximum absolute atomic E-state index is 6.95. The molecule has 0 bridgehead atoms. The average molecular weight is 1210 g/mol. The molecule has 0 unspecified atom stereocenters. The zero-order valence-electron chi connectivity index (χ0n) is 51.8. The van der Waals surface area contributed by atoms with Gasteiger partial charge < -0.3 is 8.83 Å². The van der Waals surface area contributed by atoms with Gasteiger partial charge in [0.25, 0.3) is 0 Å². The fraction of sp³-hybridized carbons (Fsp3) is 0. The SMILES string of the molecule is c1ccc2cc3c(cc2c1)oc1ccc(-c2c4ccccc4c(-c4ccc5ccc6c(-c7cccc8cc9c(cc78)oc7ccc(-c8c%10ccccc%10c(-c%10ccc%11c%12ccccc%12c%12ccccc%12c%11c%10)c%10ccccc8%10)cc79)ccc7ccc4c5c76)c4ccccc24)cc13. The van der Waals surface area contributed by atoms with Crippen LogP contribution in [0.25, 0.3) is 229 Å². The largest absolute Gasteiger partial charge is 0.456 e. The molecule has 0 spiro atoms. The smallest absolute Gasteiger partial charge is 0.136 e. The number of rotatable bonds is 5. The summed E-state index contributed by atoms with van der Waals surface area (Å²) in [5.41, 5.74) is 15.7. The fourth-order valence-corrected chi connectivity index (χ4v) is 17.4. The lowest BCUT2D eigenvalue weighted by Gasteiger charge is -2.20. The van der Waals surface area contributed by atoms with Gasteiger partial charge in [0.05, 0.1) is 0 Å². The van der Waals surface area contributed by atoms with Crippen LogP contribution in [0.4, 0.5) is 0 Å². The quantitative estimate of drug-likeness (QED) is 0.127. The van der Waals surface area contributed by atoms with E-state index < -0.39 is 0 Å². The van der Waals surface area contributed by atoms with Crippen molar-refractivity contribution in [2.24, 2.45) is 0 Å². The van der Waals surface area contributed by atoms with Crippen LogP contribution in [-0.4, -0.2) is 0 Å². The van der Waals surface area contributed by atoms with E-state index in [4.69, 9.17) is 8.83 Å². The third-order valence-electron chi connectivity index (χ3n) is 21.5. The predicted molar refractivity (Wildman–Crippen MR) is 409 cm³/mol. The van der Waals surface area contributed by atoms with Gasteiger partial charge in [-0.05, 0) is 240 Å². The molecule has 0 fully saturated rings. The maximum Gasteiger partial charge on any atom is 0.136 e. The van der Waals surface area contributed by atoms with Crippen LogP contribution >= 0.6 is 0 Å². The summed E-state index contributed by atoms with van der Waals surface area (Å²) in [4.78, 5) is 0. The van der Waals surface area contributed by atoms with Crippen molar-refractivity contribution in [2.45, 2.75) is 0 Å². The van der Waals surface area contributed by atoms with Crippen molar-refractivity contribution in [3.63, 3.8) is 0 Å². The molecule has 2 heterocycles. The first-order chi connectivity index (χ1) is 47.6. The number of fused-ring (bicyclic) bond motifs is 18. The molecule has 0 saturated carbocycles. The molecular weight excluding hydrogens is 1160 g/mol. The summed E-state index contributed by atoms with van der Waals surface area (Å²) >= 11 is 0. The zero-order valence-corrected chi connectivity index (χ0v) is 51.8. The minimum atomic E-state index is 0.874. The number of hydrogen-bond donors (Lipinski definition) is 0. The number of hydrogen-bond acceptors (Lipinski definition) is 2. The Bertz CT molecular complexity index is 7050. The number of furan rings is 2. The van der Waals surface area contributed by atoms with Gasteiger partial charge in [0.15, 0.2) is 0 Å². The minimum absolute atomic E-state index is 0.874. The molecule has 2 heteroatoms. The zero-order chi connectivity index (χ0) is 62.4. The molecule has 0 N–H and O–H groups in total. The van der Waals surface area contributed by atoms with Crippen LogP contribution in [0.5, 0.6) is 0 Å². The first kappa shape index (κ1) is 51.9. The van der Waals surface area contributed by atoms with E-state index in [0.717, 1.165) is 54.8 Å². The number of benzene rings is 20. The molecule has 2 aromatic heterocycles. The highest BCUT2D eigenvalue weighted by Crippen LogP contribution is 2.52. The van der Waals surface area contributed by atoms with Crippen LogP contribution in [0, 0.1) is 0 Å². The lowest BCUT2D eigenvalue weighted by atomic mass is 9.82. The van der Waals surface area contributed by atoms with E-state index >= 15 is 0 Å². The standard InChI is InChI=1S/C94H52O2/c1-2-17-56-51-87-83(46-55(56)16-1)81-49-60(37-44-85(81)95-87)91-72-27-11-13-29-74(72)94(75-30-14-12-28-73(75)91)78-43-35-54-33-41-76-66(39-32-53-34-42-77(78)93(54)92(53)76)64-31-15-18-57-47-84-82-50-59(38-45-86(82)96-88(84)52-79(57)64)90-70-25-9-7-23-68(70)89(69-24-8-10-26-71(69)90)58-36-40-67-63-21-4-3-19-61(63)62-20-5-6-22-65(62)80(67)48-58/h1-52H. The van der Waals surface area contributed by atoms with Crippen LogP contribution < -0.4 is 0 Å². The normalized spacial score (nSPS) is 12.4. The summed E-state index contributed by atoms with van der Waals surface area (Å²) in [7, 11) is 0. The predicted octanol–water partition coefficient (Wildman–Crippen LogP) is 27.1. The Morgan fingerprint density at radius 1 is 0.146 bits per heavy atom. The van der Waals surface area contributed by atoms with Crippen molar-refractivity contribution in [2.75, 3.05) is 0 Å². The summed E-state index contributed by atoms with van der Waals surface area (Å²) in [6.45, 7) is 0. The van der Waals surface area contributed by atoms with Crippen molar-refractivity contribution in [3.05, 3.63) is 315 Å². The highest BCUT2D eigenvalue weighted by Gasteiger charge is 2.24. The Kier molecular flexibility index (Phi) is 10.5. The van der Waals surface area contributed by atoms with Crippen LogP contribution in [0.1, 0.15) is 0 Å². The molecular formula is C94H52O2. The van der Waals surface area contributed by atoms with Crippen molar-refractivity contribution in [1.82, 2.24) is 0 Å². The lowest BCUT2D eigenvalue weighted by Crippen LogP contribution is -1.93. The highest BCUT2D eigenvalue weighted by atomic mass is 16.3. The van der Waals surface area contributed by atoms with Gasteiger partial charge in [0, 0.05) is 21.5 Å². The molecule has 96 heavy (non-hydrogen) atoms. The monoisotopic (exact) mass is 1210 g/mol. The molecule has 20 aromatic carbocycles. The molecule has 0 aliphatic heterocycles. The second kappa shape index (κ2) is 19.5. The van der Waals surface area contributed by atoms with E-state index in [1.165, 1.54) is 174 Å². The third kappa shape index (κ3) is 7.25. The van der Waals surface area contributed by atoms with E-state index in [0.29, 0.717) is 0 Å². The van der Waals surface area contributed by atoms with Crippen molar-refractivity contribution < 1.29 is 8.83 Å². The summed E-state index contributed by atoms with van der Waals surface area (Å²) in [5, 5.41) is 34.2. The van der Waals surface area contributed by atoms with Gasteiger partial charge >= 0.3 is 0 Å². The molecule has 440 valence electrons. The van der Waals surface area contributed by atoms with Gasteiger partial charge in [-0.2, -0.15) is 0 Å². The van der Waals surface area contributed by atoms with Gasteiger partial charge in [-0.1, -0.05) is 261 Å². The lowest BCUT2D eigenvalue weighted by molar-refractivity contribution is 0.669. The van der Waals surface area contributed by atoms with Crippen LogP contribution in [0.3, 0.4) is 0 Å². The van der Waals surface area contributed by atoms with Crippen LogP contribution in [0.2, 0.25) is 0 Å². The molecule has 22 aromatic rings. The van der Waals surface area contributed by atoms with Crippen LogP contribution in [0.15, 0.2) is 324 Å². The van der Waals surface area contributed by atoms with Gasteiger partial charge in [-0.3, -0.25) is 0 Å². The Hall–Kier alpha value is -12.6. The summed E-state index contributed by atoms with van der Waals surface area (Å²) < 4.78 is 13.5. The highest BCUT2D eigenvalue weighted by molar-refractivity contribution is 6.33. The first-order valence-corrected chi connectivity index (χ1v) is 33.3. The third-order valence-corrected chi connectivity index (χ3v) is 21.5. The topological polar surface area (TPSA) is 26.3 Å². The van der Waals surface area contributed by atoms with Gasteiger partial charge in [0.1, 0.15) is 22.3 Å². The minimum Gasteiger partial charge on any atom is -0.456 e. The summed E-state index contributed by atoms with van der Waals surface area (Å²) in [5.74, 6) is 0. The molecule has 0 aliphatic carbocycles. The van der Waals surface area contributed by atoms with E-state index in [1.54, 1.807) is 0 Å². The Labute approximate surface area is 549 Å². The van der Waals surface area contributed by atoms with Gasteiger partial charge in [0.2, 0.25) is 0 Å². The molecule has 0 radical (unpaired) electrons. The maximum atomic E-state index is 6.95. The van der Waals surface area contributed by atoms with Crippen molar-refractivity contribution in [3.8, 4) is 55.6 Å². The Morgan fingerprint density at radius 3 is 0.990 bits per heavy atom. The van der Waals surface area contributed by atoms with E-state index in [1.807, 2.05) is 0 Å². The van der Waals surface area contributed by atoms with E-state index in [-0.39, 0.29) is 0 Å². The molecule has 0 saturated heterocycles. The second-order valence-corrected chi connectivity index (χ2v) is 26.4. The summed E-state index contributed by atoms with van der Waals surface area (Å²) in [6, 6.07) is 118. The van der Waals surface area contributed by atoms with Crippen LogP contribution in [-0.2, 0) is 0 Å². The average Bonchev–Trinajstić information content (AvgIpc) is 0.751. The van der Waals surface area contributed by atoms with Gasteiger partial charge in [-0.25, -0.2) is 0 Å². The summed E-state index contributed by atoms with van der Waals surface area (Å²) in [6.07, 6.45) is 0. The Balaban J connectivity index is 0.680. The van der Waals surface area contributed by atoms with Crippen molar-refractivity contribution >= 4 is 173 Å². The molecule has 2 nitrogen and oxygen atoms in total. The fourth-order valence-electron chi connectivity index (χ4n) is 17.4. The van der Waals surface area contributed by atoms with Gasteiger partial charge in [-0.15, -0.1) is 0 Å². The van der Waals surface area contributed by atoms with E-state index in [2.05, 4.69) is 315 Å². The van der Waals surface area contributed by atoms with Crippen molar-refractivity contribution in [1.29, 1.82) is 0 Å². The second-order valence-electron chi connectivity index (χ2n) is 26.4.